The van der Waals surface area contributed by atoms with Gasteiger partial charge in [0.1, 0.15) is 0 Å². The van der Waals surface area contributed by atoms with Gasteiger partial charge in [0.2, 0.25) is 0 Å². The van der Waals surface area contributed by atoms with Gasteiger partial charge in [-0.3, -0.25) is 4.40 Å². The van der Waals surface area contributed by atoms with Crippen molar-refractivity contribution in [2.45, 2.75) is 38.9 Å². The zero-order valence-electron chi connectivity index (χ0n) is 16.6. The van der Waals surface area contributed by atoms with Gasteiger partial charge >= 0.3 is 11.9 Å². The summed E-state index contributed by atoms with van der Waals surface area (Å²) in [5, 5.41) is 15.6. The molecule has 0 aliphatic carbocycles. The molecule has 0 spiro atoms. The maximum atomic E-state index is 9.55. The van der Waals surface area contributed by atoms with E-state index in [9.17, 15) is 9.59 Å². The van der Waals surface area contributed by atoms with Crippen LogP contribution < -0.4 is 4.74 Å². The summed E-state index contributed by atoms with van der Waals surface area (Å²) in [6.45, 7) is 4.99. The highest BCUT2D eigenvalue weighted by Gasteiger charge is 2.12. The van der Waals surface area contributed by atoms with Gasteiger partial charge in [0.15, 0.2) is 11.4 Å². The first-order valence-corrected chi connectivity index (χ1v) is 10.3. The lowest BCUT2D eigenvalue weighted by Crippen LogP contribution is -2.00. The fourth-order valence-corrected chi connectivity index (χ4v) is 3.14. The van der Waals surface area contributed by atoms with Crippen LogP contribution in [0.1, 0.15) is 37.6 Å². The summed E-state index contributed by atoms with van der Waals surface area (Å²) in [5.74, 6) is 2.60. The molecule has 0 radical (unpaired) electrons. The number of aryl methyl sites for hydroxylation is 1. The van der Waals surface area contributed by atoms with E-state index in [2.05, 4.69) is 22.2 Å². The fourth-order valence-electron chi connectivity index (χ4n) is 2.37. The molecule has 8 heteroatoms. The lowest BCUT2D eigenvalue weighted by Gasteiger charge is -2.07. The molecule has 2 rings (SSSR count). The molecule has 7 nitrogen and oxygen atoms in total. The van der Waals surface area contributed by atoms with Crippen molar-refractivity contribution < 1.29 is 24.5 Å². The predicted molar refractivity (Wildman–Crippen MR) is 114 cm³/mol. The summed E-state index contributed by atoms with van der Waals surface area (Å²) >= 11 is 1.73. The Bertz CT molecular complexity index is 867. The maximum absolute atomic E-state index is 9.55. The van der Waals surface area contributed by atoms with Gasteiger partial charge in [-0.25, -0.2) is 14.6 Å². The Hall–Kier alpha value is -2.92. The fraction of sp³-hybridized carbons (Fsp3) is 0.381. The van der Waals surface area contributed by atoms with Gasteiger partial charge in [-0.15, -0.1) is 18.2 Å². The summed E-state index contributed by atoms with van der Waals surface area (Å²) in [4.78, 5) is 23.8. The quantitative estimate of drug-likeness (QED) is 0.344. The number of carboxylic acids is 2. The Morgan fingerprint density at radius 2 is 2.00 bits per heavy atom. The summed E-state index contributed by atoms with van der Waals surface area (Å²) in [5.41, 5.74) is 3.15. The molecule has 0 bridgehead atoms. The van der Waals surface area contributed by atoms with Crippen LogP contribution in [0.25, 0.3) is 5.65 Å². The third-order valence-electron chi connectivity index (χ3n) is 3.71. The molecular weight excluding hydrogens is 392 g/mol. The van der Waals surface area contributed by atoms with E-state index in [0.717, 1.165) is 41.6 Å². The number of rotatable bonds is 10. The summed E-state index contributed by atoms with van der Waals surface area (Å²) in [7, 11) is 0. The highest BCUT2D eigenvalue weighted by atomic mass is 32.2. The Morgan fingerprint density at radius 3 is 2.59 bits per heavy atom. The van der Waals surface area contributed by atoms with E-state index in [0.29, 0.717) is 12.2 Å². The second kappa shape index (κ2) is 13.3. The van der Waals surface area contributed by atoms with Gasteiger partial charge in [-0.2, -0.15) is 0 Å². The molecule has 0 aliphatic rings. The molecule has 2 N–H and O–H groups in total. The van der Waals surface area contributed by atoms with Crippen molar-refractivity contribution in [1.29, 1.82) is 0 Å². The molecule has 2 aromatic heterocycles. The summed E-state index contributed by atoms with van der Waals surface area (Å²) < 4.78 is 8.01. The van der Waals surface area contributed by atoms with Gasteiger partial charge < -0.3 is 14.9 Å². The molecule has 2 aromatic rings. The van der Waals surface area contributed by atoms with Crippen molar-refractivity contribution in [2.75, 3.05) is 12.4 Å². The molecule has 0 saturated carbocycles. The number of fused-ring (bicyclic) bond motifs is 1. The number of pyridine rings is 1. The van der Waals surface area contributed by atoms with Gasteiger partial charge in [0.05, 0.1) is 23.7 Å². The van der Waals surface area contributed by atoms with Crippen molar-refractivity contribution in [3.63, 3.8) is 0 Å². The Kier molecular flexibility index (Phi) is 11.1. The average molecular weight is 419 g/mol. The Balaban J connectivity index is 0.000000447. The van der Waals surface area contributed by atoms with E-state index in [-0.39, 0.29) is 0 Å². The average Bonchev–Trinajstić information content (AvgIpc) is 3.00. The molecule has 0 amide bonds. The minimum absolute atomic E-state index is 0.558. The van der Waals surface area contributed by atoms with Crippen molar-refractivity contribution in [3.05, 3.63) is 41.9 Å². The van der Waals surface area contributed by atoms with Crippen LogP contribution in [0.4, 0.5) is 0 Å². The molecular formula is C21H26N2O5S. The first-order valence-electron chi connectivity index (χ1n) is 9.15. The number of ether oxygens (including phenoxy) is 1. The molecule has 0 aliphatic heterocycles. The summed E-state index contributed by atoms with van der Waals surface area (Å²) in [6.07, 6.45) is 12.0. The molecule has 2 heterocycles. The van der Waals surface area contributed by atoms with Gasteiger partial charge in [-0.1, -0.05) is 25.7 Å². The van der Waals surface area contributed by atoms with Gasteiger partial charge in [-0.05, 0) is 25.5 Å². The standard InChI is InChI=1S/C17H22N2OS.C4H4O4/c1-4-6-7-11-20-16-9-8-10-19-15(13-21-12-5-2)14(3)18-17(16)19;5-3(6)1-2-4(7)8/h2,8-10H,4,6-7,11-13H2,1,3H3;1-2H,(H,5,6)(H,7,8). The number of imidazole rings is 1. The minimum Gasteiger partial charge on any atom is -0.490 e. The third kappa shape index (κ3) is 8.75. The van der Waals surface area contributed by atoms with Crippen LogP contribution in [0.2, 0.25) is 0 Å². The predicted octanol–water partition coefficient (Wildman–Crippen LogP) is 3.79. The second-order valence-electron chi connectivity index (χ2n) is 5.97. The lowest BCUT2D eigenvalue weighted by atomic mass is 10.3. The number of thioether (sulfide) groups is 1. The zero-order valence-corrected chi connectivity index (χ0v) is 17.4. The van der Waals surface area contributed by atoms with E-state index < -0.39 is 11.9 Å². The number of nitrogens with zero attached hydrogens (tertiary/aromatic N) is 2. The number of unbranched alkanes of at least 4 members (excludes halogenated alkanes) is 2. The monoisotopic (exact) mass is 418 g/mol. The molecule has 29 heavy (non-hydrogen) atoms. The number of carboxylic acid groups (broad SMARTS) is 2. The normalized spacial score (nSPS) is 10.4. The van der Waals surface area contributed by atoms with E-state index in [1.54, 1.807) is 11.8 Å². The Morgan fingerprint density at radius 1 is 1.31 bits per heavy atom. The van der Waals surface area contributed by atoms with E-state index in [1.807, 2.05) is 25.3 Å². The van der Waals surface area contributed by atoms with Crippen molar-refractivity contribution in [2.24, 2.45) is 0 Å². The minimum atomic E-state index is -1.26. The van der Waals surface area contributed by atoms with Crippen molar-refractivity contribution in [1.82, 2.24) is 9.38 Å². The topological polar surface area (TPSA) is 101 Å². The van der Waals surface area contributed by atoms with Crippen LogP contribution in [0.5, 0.6) is 5.75 Å². The number of hydrogen-bond acceptors (Lipinski definition) is 5. The molecule has 0 atom stereocenters. The van der Waals surface area contributed by atoms with E-state index in [4.69, 9.17) is 21.4 Å². The van der Waals surface area contributed by atoms with Crippen LogP contribution in [-0.2, 0) is 15.3 Å². The molecule has 0 aromatic carbocycles. The number of terminal acetylenes is 1. The molecule has 0 saturated heterocycles. The third-order valence-corrected chi connectivity index (χ3v) is 4.56. The van der Waals surface area contributed by atoms with Crippen molar-refractivity contribution in [3.8, 4) is 18.1 Å². The zero-order chi connectivity index (χ0) is 21.6. The second-order valence-corrected chi connectivity index (χ2v) is 6.96. The highest BCUT2D eigenvalue weighted by molar-refractivity contribution is 7.98. The first kappa shape index (κ1) is 24.1. The number of aliphatic carboxylic acids is 2. The van der Waals surface area contributed by atoms with Crippen molar-refractivity contribution >= 4 is 29.3 Å². The molecule has 0 unspecified atom stereocenters. The largest absolute Gasteiger partial charge is 0.490 e. The molecule has 156 valence electrons. The lowest BCUT2D eigenvalue weighted by molar-refractivity contribution is -0.134. The maximum Gasteiger partial charge on any atom is 0.328 e. The van der Waals surface area contributed by atoms with Crippen LogP contribution >= 0.6 is 11.8 Å². The summed E-state index contributed by atoms with van der Waals surface area (Å²) in [6, 6.07) is 4.00. The Labute approximate surface area is 174 Å². The number of aromatic nitrogens is 2. The number of hydrogen-bond donors (Lipinski definition) is 2. The van der Waals surface area contributed by atoms with Crippen LogP contribution in [-0.4, -0.2) is 43.9 Å². The van der Waals surface area contributed by atoms with Crippen LogP contribution in [0.3, 0.4) is 0 Å². The SMILES string of the molecule is C#CCSCc1c(C)nc2c(OCCCCC)cccn12.O=C(O)C=CC(=O)O. The smallest absolute Gasteiger partial charge is 0.328 e. The van der Waals surface area contributed by atoms with Crippen LogP contribution in [0.15, 0.2) is 30.5 Å². The van der Waals surface area contributed by atoms with Gasteiger partial charge in [0.25, 0.3) is 0 Å². The van der Waals surface area contributed by atoms with E-state index in [1.165, 1.54) is 18.5 Å². The highest BCUT2D eigenvalue weighted by Crippen LogP contribution is 2.24. The van der Waals surface area contributed by atoms with Crippen LogP contribution in [0, 0.1) is 19.3 Å². The van der Waals surface area contributed by atoms with E-state index >= 15 is 0 Å². The number of carbonyl (C=O) groups is 2. The first-order chi connectivity index (χ1) is 13.9. The van der Waals surface area contributed by atoms with Gasteiger partial charge in [0, 0.05) is 24.1 Å². The molecule has 0 fully saturated rings.